The van der Waals surface area contributed by atoms with Crippen LogP contribution >= 0.6 is 11.3 Å². The van der Waals surface area contributed by atoms with Gasteiger partial charge in [-0.1, -0.05) is 6.07 Å². The second kappa shape index (κ2) is 3.65. The Morgan fingerprint density at radius 2 is 2.35 bits per heavy atom. The number of fused-ring (bicyclic) bond motifs is 4. The summed E-state index contributed by atoms with van der Waals surface area (Å²) in [6, 6.07) is 5.23. The molecule has 0 aliphatic carbocycles. The van der Waals surface area contributed by atoms with Crippen molar-refractivity contribution in [1.82, 2.24) is 20.1 Å². The van der Waals surface area contributed by atoms with Crippen LogP contribution in [0.1, 0.15) is 31.1 Å². The van der Waals surface area contributed by atoms with Gasteiger partial charge in [-0.3, -0.25) is 0 Å². The van der Waals surface area contributed by atoms with E-state index in [1.54, 1.807) is 11.3 Å². The van der Waals surface area contributed by atoms with Gasteiger partial charge in [0, 0.05) is 12.6 Å². The second-order valence-electron chi connectivity index (χ2n) is 4.82. The average Bonchev–Trinajstić information content (AvgIpc) is 2.96. The van der Waals surface area contributed by atoms with E-state index in [-0.39, 0.29) is 0 Å². The highest BCUT2D eigenvalue weighted by atomic mass is 32.1. The van der Waals surface area contributed by atoms with Gasteiger partial charge in [0.2, 0.25) is 0 Å². The topological polar surface area (TPSA) is 42.7 Å². The molecule has 0 spiro atoms. The van der Waals surface area contributed by atoms with Crippen molar-refractivity contribution in [1.29, 1.82) is 0 Å². The molecule has 2 unspecified atom stereocenters. The third-order valence-corrected chi connectivity index (χ3v) is 4.58. The predicted molar refractivity (Wildman–Crippen MR) is 66.9 cm³/mol. The van der Waals surface area contributed by atoms with E-state index in [0.717, 1.165) is 18.2 Å². The molecule has 0 saturated carbocycles. The highest BCUT2D eigenvalue weighted by molar-refractivity contribution is 7.13. The second-order valence-corrected chi connectivity index (χ2v) is 5.76. The van der Waals surface area contributed by atoms with Crippen LogP contribution in [0, 0.1) is 0 Å². The molecule has 2 aromatic heterocycles. The summed E-state index contributed by atoms with van der Waals surface area (Å²) in [4.78, 5) is 1.23. The van der Waals surface area contributed by atoms with Crippen LogP contribution in [0.2, 0.25) is 0 Å². The molecule has 2 bridgehead atoms. The first-order chi connectivity index (χ1) is 8.42. The third-order valence-electron chi connectivity index (χ3n) is 3.72. The van der Waals surface area contributed by atoms with Crippen LogP contribution in [0.3, 0.4) is 0 Å². The molecule has 2 aliphatic rings. The van der Waals surface area contributed by atoms with Crippen LogP contribution in [0.5, 0.6) is 0 Å². The van der Waals surface area contributed by atoms with Crippen molar-refractivity contribution in [2.45, 2.75) is 37.9 Å². The Labute approximate surface area is 104 Å². The van der Waals surface area contributed by atoms with Crippen LogP contribution < -0.4 is 5.32 Å². The minimum atomic E-state index is 0.420. The summed E-state index contributed by atoms with van der Waals surface area (Å²) in [7, 11) is 0. The molecule has 1 N–H and O–H groups in total. The maximum absolute atomic E-state index is 4.39. The van der Waals surface area contributed by atoms with Crippen molar-refractivity contribution in [2.24, 2.45) is 0 Å². The summed E-state index contributed by atoms with van der Waals surface area (Å²) < 4.78 is 2.32. The Hall–Kier alpha value is -1.20. The number of hydrogen-bond acceptors (Lipinski definition) is 4. The van der Waals surface area contributed by atoms with E-state index in [9.17, 15) is 0 Å². The normalized spacial score (nSPS) is 26.8. The lowest BCUT2D eigenvalue weighted by Crippen LogP contribution is -2.45. The zero-order chi connectivity index (χ0) is 11.2. The fourth-order valence-electron chi connectivity index (χ4n) is 2.93. The molecule has 1 fully saturated rings. The molecule has 0 radical (unpaired) electrons. The largest absolute Gasteiger partial charge is 0.307 e. The predicted octanol–water partition coefficient (Wildman–Crippen LogP) is 2.20. The van der Waals surface area contributed by atoms with Crippen molar-refractivity contribution < 1.29 is 0 Å². The summed E-state index contributed by atoms with van der Waals surface area (Å²) in [6.45, 7) is 1.02. The van der Waals surface area contributed by atoms with Crippen LogP contribution in [-0.4, -0.2) is 20.8 Å². The highest BCUT2D eigenvalue weighted by Crippen LogP contribution is 2.33. The van der Waals surface area contributed by atoms with E-state index >= 15 is 0 Å². The molecule has 4 nitrogen and oxygen atoms in total. The van der Waals surface area contributed by atoms with Gasteiger partial charge in [0.1, 0.15) is 0 Å². The average molecular weight is 246 g/mol. The van der Waals surface area contributed by atoms with Crippen molar-refractivity contribution >= 4 is 11.3 Å². The fourth-order valence-corrected chi connectivity index (χ4v) is 3.65. The molecule has 4 rings (SSSR count). The summed E-state index contributed by atoms with van der Waals surface area (Å²) in [5.41, 5.74) is 0. The van der Waals surface area contributed by atoms with Crippen LogP contribution in [-0.2, 0) is 6.54 Å². The number of hydrogen-bond donors (Lipinski definition) is 1. The summed E-state index contributed by atoms with van der Waals surface area (Å²) in [5, 5.41) is 14.5. The van der Waals surface area contributed by atoms with Gasteiger partial charge in [0.15, 0.2) is 11.6 Å². The Kier molecular flexibility index (Phi) is 2.10. The summed E-state index contributed by atoms with van der Waals surface area (Å²) in [6.07, 6.45) is 3.78. The number of piperidine rings is 1. The van der Waals surface area contributed by atoms with E-state index < -0.39 is 0 Å². The maximum atomic E-state index is 4.39. The molecule has 5 heteroatoms. The van der Waals surface area contributed by atoms with Gasteiger partial charge in [0.25, 0.3) is 0 Å². The molecular weight excluding hydrogens is 232 g/mol. The first-order valence-electron chi connectivity index (χ1n) is 6.15. The molecule has 17 heavy (non-hydrogen) atoms. The van der Waals surface area contributed by atoms with Crippen molar-refractivity contribution in [3.63, 3.8) is 0 Å². The fraction of sp³-hybridized carbons (Fsp3) is 0.500. The number of nitrogens with zero attached hydrogens (tertiary/aromatic N) is 3. The van der Waals surface area contributed by atoms with Crippen molar-refractivity contribution in [3.8, 4) is 10.7 Å². The molecular formula is C12H14N4S. The quantitative estimate of drug-likeness (QED) is 0.839. The SMILES string of the molecule is c1csc(-c2nnc3n2CC2CCCC3N2)c1. The zero-order valence-electron chi connectivity index (χ0n) is 9.47. The summed E-state index contributed by atoms with van der Waals surface area (Å²) >= 11 is 1.74. The van der Waals surface area contributed by atoms with Gasteiger partial charge in [-0.25, -0.2) is 0 Å². The molecule has 2 atom stereocenters. The van der Waals surface area contributed by atoms with Crippen LogP contribution in [0.25, 0.3) is 10.7 Å². The van der Waals surface area contributed by atoms with E-state index in [0.29, 0.717) is 12.1 Å². The lowest BCUT2D eigenvalue weighted by molar-refractivity contribution is 0.249. The zero-order valence-corrected chi connectivity index (χ0v) is 10.3. The Morgan fingerprint density at radius 1 is 1.35 bits per heavy atom. The molecule has 88 valence electrons. The number of thiophene rings is 1. The van der Waals surface area contributed by atoms with Gasteiger partial charge in [0.05, 0.1) is 10.9 Å². The number of nitrogens with one attached hydrogen (secondary N) is 1. The van der Waals surface area contributed by atoms with Gasteiger partial charge in [-0.15, -0.1) is 21.5 Å². The van der Waals surface area contributed by atoms with E-state index in [2.05, 4.69) is 37.6 Å². The standard InChI is InChI=1S/C12H14N4S/c1-3-8-7-16-11(9(4-1)13-8)14-15-12(16)10-5-2-6-17-10/h2,5-6,8-9,13H,1,3-4,7H2. The molecule has 0 aromatic carbocycles. The maximum Gasteiger partial charge on any atom is 0.174 e. The number of aromatic nitrogens is 3. The van der Waals surface area contributed by atoms with Gasteiger partial charge >= 0.3 is 0 Å². The minimum absolute atomic E-state index is 0.420. The Balaban J connectivity index is 1.83. The Bertz CT molecular complexity index is 531. The first-order valence-corrected chi connectivity index (χ1v) is 7.03. The van der Waals surface area contributed by atoms with Crippen LogP contribution in [0.15, 0.2) is 17.5 Å². The molecule has 2 aliphatic heterocycles. The smallest absolute Gasteiger partial charge is 0.174 e. The lowest BCUT2D eigenvalue weighted by atomic mass is 9.95. The van der Waals surface area contributed by atoms with Gasteiger partial charge < -0.3 is 9.88 Å². The van der Waals surface area contributed by atoms with Crippen molar-refractivity contribution in [3.05, 3.63) is 23.3 Å². The van der Waals surface area contributed by atoms with E-state index in [1.165, 1.54) is 24.1 Å². The molecule has 2 aromatic rings. The van der Waals surface area contributed by atoms with E-state index in [1.807, 2.05) is 0 Å². The Morgan fingerprint density at radius 3 is 3.24 bits per heavy atom. The molecule has 1 saturated heterocycles. The highest BCUT2D eigenvalue weighted by Gasteiger charge is 2.33. The van der Waals surface area contributed by atoms with Crippen LogP contribution in [0.4, 0.5) is 0 Å². The van der Waals surface area contributed by atoms with Crippen molar-refractivity contribution in [2.75, 3.05) is 0 Å². The third kappa shape index (κ3) is 1.46. The van der Waals surface area contributed by atoms with E-state index in [4.69, 9.17) is 0 Å². The molecule has 4 heterocycles. The number of rotatable bonds is 1. The van der Waals surface area contributed by atoms with Gasteiger partial charge in [-0.2, -0.15) is 0 Å². The lowest BCUT2D eigenvalue weighted by Gasteiger charge is -2.36. The summed E-state index contributed by atoms with van der Waals surface area (Å²) in [5.74, 6) is 2.18. The monoisotopic (exact) mass is 246 g/mol. The first kappa shape index (κ1) is 9.79. The van der Waals surface area contributed by atoms with Gasteiger partial charge in [-0.05, 0) is 30.7 Å². The molecule has 0 amide bonds. The minimum Gasteiger partial charge on any atom is -0.307 e.